The zero-order chi connectivity index (χ0) is 9.26. The minimum atomic E-state index is 0.830. The summed E-state index contributed by atoms with van der Waals surface area (Å²) in [5.41, 5.74) is 9.36. The van der Waals surface area contributed by atoms with Crippen molar-refractivity contribution in [3.05, 3.63) is 53.4 Å². The predicted octanol–water partition coefficient (Wildman–Crippen LogP) is 0.713. The van der Waals surface area contributed by atoms with E-state index in [-0.39, 0.29) is 0 Å². The van der Waals surface area contributed by atoms with Crippen LogP contribution in [0.2, 0.25) is 0 Å². The van der Waals surface area contributed by atoms with Crippen LogP contribution in [-0.2, 0) is 0 Å². The van der Waals surface area contributed by atoms with Gasteiger partial charge in [0.2, 0.25) is 5.82 Å². The second-order valence-corrected chi connectivity index (χ2v) is 3.30. The molecule has 0 unspecified atom stereocenters. The molecule has 0 radical (unpaired) electrons. The lowest BCUT2D eigenvalue weighted by molar-refractivity contribution is -0.506. The second kappa shape index (κ2) is 3.07. The highest BCUT2D eigenvalue weighted by atomic mass is 15.0. The Morgan fingerprint density at radius 3 is 2.69 bits per heavy atom. The molecule has 0 atom stereocenters. The molecule has 4 N–H and O–H groups in total. The Hall–Kier alpha value is -1.54. The SMILES string of the molecule is Cc1cccc(C2=CC=C(N)[NH2+]2)c1. The molecule has 1 aromatic rings. The van der Waals surface area contributed by atoms with Crippen LogP contribution >= 0.6 is 0 Å². The topological polar surface area (TPSA) is 42.6 Å². The van der Waals surface area contributed by atoms with Gasteiger partial charge in [0.05, 0.1) is 0 Å². The predicted molar refractivity (Wildman–Crippen MR) is 53.4 cm³/mol. The van der Waals surface area contributed by atoms with E-state index < -0.39 is 0 Å². The Bertz CT molecular complexity index is 389. The van der Waals surface area contributed by atoms with Crippen molar-refractivity contribution < 1.29 is 5.32 Å². The van der Waals surface area contributed by atoms with Crippen molar-refractivity contribution in [2.45, 2.75) is 6.92 Å². The number of allylic oxidation sites excluding steroid dienone is 2. The first-order chi connectivity index (χ1) is 6.25. The minimum absolute atomic E-state index is 0.830. The van der Waals surface area contributed by atoms with E-state index in [9.17, 15) is 0 Å². The minimum Gasteiger partial charge on any atom is -0.355 e. The summed E-state index contributed by atoms with van der Waals surface area (Å²) >= 11 is 0. The molecule has 0 saturated carbocycles. The normalized spacial score (nSPS) is 15.5. The summed E-state index contributed by atoms with van der Waals surface area (Å²) in [6.45, 7) is 2.09. The van der Waals surface area contributed by atoms with Gasteiger partial charge < -0.3 is 5.73 Å². The molecule has 0 spiro atoms. The first-order valence-corrected chi connectivity index (χ1v) is 4.35. The Labute approximate surface area is 77.8 Å². The van der Waals surface area contributed by atoms with E-state index in [1.54, 1.807) is 0 Å². The van der Waals surface area contributed by atoms with Crippen LogP contribution in [-0.4, -0.2) is 0 Å². The molecular formula is C11H13N2+. The van der Waals surface area contributed by atoms with Gasteiger partial charge in [-0.15, -0.1) is 0 Å². The van der Waals surface area contributed by atoms with E-state index in [1.807, 2.05) is 17.5 Å². The molecule has 13 heavy (non-hydrogen) atoms. The van der Waals surface area contributed by atoms with Crippen molar-refractivity contribution in [3.8, 4) is 0 Å². The molecule has 0 aliphatic carbocycles. The van der Waals surface area contributed by atoms with Gasteiger partial charge in [0.15, 0.2) is 0 Å². The fourth-order valence-electron chi connectivity index (χ4n) is 1.47. The molecule has 0 bridgehead atoms. The molecule has 1 aromatic carbocycles. The molecule has 0 aromatic heterocycles. The Balaban J connectivity index is 2.29. The largest absolute Gasteiger partial charge is 0.355 e. The van der Waals surface area contributed by atoms with E-state index in [2.05, 4.69) is 31.2 Å². The highest BCUT2D eigenvalue weighted by Crippen LogP contribution is 2.12. The van der Waals surface area contributed by atoms with E-state index in [0.29, 0.717) is 0 Å². The van der Waals surface area contributed by atoms with Crippen LogP contribution in [0.15, 0.2) is 42.2 Å². The molecule has 1 aliphatic rings. The number of rotatable bonds is 1. The van der Waals surface area contributed by atoms with Gasteiger partial charge in [-0.25, -0.2) is 0 Å². The highest BCUT2D eigenvalue weighted by Gasteiger charge is 2.11. The van der Waals surface area contributed by atoms with Gasteiger partial charge in [-0.3, -0.25) is 5.32 Å². The third-order valence-electron chi connectivity index (χ3n) is 2.13. The van der Waals surface area contributed by atoms with Crippen LogP contribution in [0.4, 0.5) is 0 Å². The summed E-state index contributed by atoms with van der Waals surface area (Å²) in [6.07, 6.45) is 3.97. The third kappa shape index (κ3) is 1.63. The van der Waals surface area contributed by atoms with Crippen molar-refractivity contribution in [1.82, 2.24) is 0 Å². The molecule has 2 heteroatoms. The van der Waals surface area contributed by atoms with Gasteiger partial charge in [0.1, 0.15) is 5.70 Å². The molecule has 2 nitrogen and oxygen atoms in total. The zero-order valence-corrected chi connectivity index (χ0v) is 7.62. The lowest BCUT2D eigenvalue weighted by Crippen LogP contribution is -2.79. The number of quaternary nitrogens is 1. The van der Waals surface area contributed by atoms with Gasteiger partial charge in [-0.2, -0.15) is 0 Å². The summed E-state index contributed by atoms with van der Waals surface area (Å²) in [4.78, 5) is 0. The fourth-order valence-corrected chi connectivity index (χ4v) is 1.47. The van der Waals surface area contributed by atoms with Crippen molar-refractivity contribution in [3.63, 3.8) is 0 Å². The van der Waals surface area contributed by atoms with Gasteiger partial charge in [-0.1, -0.05) is 17.7 Å². The van der Waals surface area contributed by atoms with Crippen LogP contribution in [0, 0.1) is 6.92 Å². The van der Waals surface area contributed by atoms with Crippen molar-refractivity contribution in [2.24, 2.45) is 5.73 Å². The summed E-state index contributed by atoms with van der Waals surface area (Å²) in [6, 6.07) is 8.42. The van der Waals surface area contributed by atoms with Gasteiger partial charge in [0, 0.05) is 17.7 Å². The molecule has 1 aliphatic heterocycles. The molecule has 66 valence electrons. The summed E-state index contributed by atoms with van der Waals surface area (Å²) < 4.78 is 0. The van der Waals surface area contributed by atoms with Crippen molar-refractivity contribution in [1.29, 1.82) is 0 Å². The quantitative estimate of drug-likeness (QED) is 0.645. The van der Waals surface area contributed by atoms with Crippen LogP contribution in [0.25, 0.3) is 5.70 Å². The van der Waals surface area contributed by atoms with Crippen LogP contribution < -0.4 is 11.1 Å². The molecule has 0 fully saturated rings. The number of aryl methyl sites for hydroxylation is 1. The molecule has 0 saturated heterocycles. The first-order valence-electron chi connectivity index (χ1n) is 4.35. The first kappa shape index (κ1) is 8.08. The smallest absolute Gasteiger partial charge is 0.200 e. The Kier molecular flexibility index (Phi) is 1.91. The van der Waals surface area contributed by atoms with Gasteiger partial charge >= 0.3 is 0 Å². The lowest BCUT2D eigenvalue weighted by atomic mass is 10.1. The van der Waals surface area contributed by atoms with E-state index >= 15 is 0 Å². The molecule has 1 heterocycles. The maximum Gasteiger partial charge on any atom is 0.200 e. The molecule has 2 rings (SSSR count). The lowest BCUT2D eigenvalue weighted by Gasteiger charge is -2.01. The van der Waals surface area contributed by atoms with E-state index in [4.69, 9.17) is 5.73 Å². The second-order valence-electron chi connectivity index (χ2n) is 3.30. The highest BCUT2D eigenvalue weighted by molar-refractivity contribution is 5.62. The monoisotopic (exact) mass is 173 g/mol. The Morgan fingerprint density at radius 2 is 2.08 bits per heavy atom. The summed E-state index contributed by atoms with van der Waals surface area (Å²) in [7, 11) is 0. The van der Waals surface area contributed by atoms with Crippen molar-refractivity contribution >= 4 is 5.70 Å². The number of hydrogen-bond acceptors (Lipinski definition) is 1. The molecule has 0 amide bonds. The summed E-state index contributed by atoms with van der Waals surface area (Å²) in [5, 5.41) is 1.99. The third-order valence-corrected chi connectivity index (χ3v) is 2.13. The standard InChI is InChI=1S/C11H12N2/c1-8-3-2-4-9(7-8)10-5-6-11(12)13-10/h2-7,13H,12H2,1H3/p+1. The fraction of sp³-hybridized carbons (Fsp3) is 0.0909. The van der Waals surface area contributed by atoms with Crippen LogP contribution in [0.5, 0.6) is 0 Å². The number of nitrogens with two attached hydrogens (primary N) is 2. The van der Waals surface area contributed by atoms with E-state index in [0.717, 1.165) is 5.82 Å². The van der Waals surface area contributed by atoms with Crippen LogP contribution in [0.1, 0.15) is 11.1 Å². The van der Waals surface area contributed by atoms with Gasteiger partial charge in [-0.05, 0) is 19.1 Å². The van der Waals surface area contributed by atoms with Crippen molar-refractivity contribution in [2.75, 3.05) is 0 Å². The zero-order valence-electron chi connectivity index (χ0n) is 7.62. The van der Waals surface area contributed by atoms with Gasteiger partial charge in [0.25, 0.3) is 0 Å². The average molecular weight is 173 g/mol. The summed E-state index contributed by atoms with van der Waals surface area (Å²) in [5.74, 6) is 0.830. The maximum absolute atomic E-state index is 5.65. The Morgan fingerprint density at radius 1 is 1.23 bits per heavy atom. The maximum atomic E-state index is 5.65. The number of hydrogen-bond donors (Lipinski definition) is 2. The van der Waals surface area contributed by atoms with Crippen LogP contribution in [0.3, 0.4) is 0 Å². The average Bonchev–Trinajstić information content (AvgIpc) is 2.52. The van der Waals surface area contributed by atoms with E-state index in [1.165, 1.54) is 16.8 Å². The molecular weight excluding hydrogens is 160 g/mol. The number of benzene rings is 1.